The maximum absolute atomic E-state index is 12.5. The lowest BCUT2D eigenvalue weighted by atomic mass is 10.0. The van der Waals surface area contributed by atoms with E-state index in [-0.39, 0.29) is 12.5 Å². The van der Waals surface area contributed by atoms with Crippen LogP contribution in [-0.2, 0) is 4.79 Å². The summed E-state index contributed by atoms with van der Waals surface area (Å²) in [5.41, 5.74) is 0. The Labute approximate surface area is 452 Å². The Morgan fingerprint density at radius 2 is 0.583 bits per heavy atom. The normalized spacial score (nSPS) is 13.0. The molecular formula is C68H129NO3. The van der Waals surface area contributed by atoms with Gasteiger partial charge in [-0.1, -0.05) is 339 Å². The van der Waals surface area contributed by atoms with Gasteiger partial charge in [0.05, 0.1) is 18.8 Å². The van der Waals surface area contributed by atoms with Gasteiger partial charge in [-0.2, -0.15) is 0 Å². The summed E-state index contributed by atoms with van der Waals surface area (Å²) in [4.78, 5) is 12.5. The molecule has 0 aromatic heterocycles. The fourth-order valence-electron chi connectivity index (χ4n) is 10.3. The Bertz CT molecular complexity index is 1140. The summed E-state index contributed by atoms with van der Waals surface area (Å²) in [5, 5.41) is 23.2. The van der Waals surface area contributed by atoms with Crippen molar-refractivity contribution in [2.75, 3.05) is 6.61 Å². The van der Waals surface area contributed by atoms with Crippen molar-refractivity contribution in [3.8, 4) is 0 Å². The number of hydrogen-bond donors (Lipinski definition) is 3. The first-order chi connectivity index (χ1) is 35.7. The van der Waals surface area contributed by atoms with Crippen molar-refractivity contribution >= 4 is 5.91 Å². The Morgan fingerprint density at radius 3 is 0.889 bits per heavy atom. The van der Waals surface area contributed by atoms with Crippen LogP contribution in [0.4, 0.5) is 0 Å². The molecule has 72 heavy (non-hydrogen) atoms. The lowest BCUT2D eigenvalue weighted by molar-refractivity contribution is -0.123. The van der Waals surface area contributed by atoms with Crippen molar-refractivity contribution in [2.45, 2.75) is 373 Å². The first-order valence-electron chi connectivity index (χ1n) is 32.9. The highest BCUT2D eigenvalue weighted by Crippen LogP contribution is 2.18. The van der Waals surface area contributed by atoms with Crippen LogP contribution in [0, 0.1) is 0 Å². The van der Waals surface area contributed by atoms with E-state index >= 15 is 0 Å². The van der Waals surface area contributed by atoms with Crippen LogP contribution in [0.5, 0.6) is 0 Å². The van der Waals surface area contributed by atoms with Gasteiger partial charge in [-0.3, -0.25) is 4.79 Å². The highest BCUT2D eigenvalue weighted by Gasteiger charge is 2.18. The monoisotopic (exact) mass is 1010 g/mol. The maximum Gasteiger partial charge on any atom is 0.220 e. The van der Waals surface area contributed by atoms with Gasteiger partial charge in [0.15, 0.2) is 0 Å². The molecule has 0 aliphatic carbocycles. The summed E-state index contributed by atoms with van der Waals surface area (Å²) < 4.78 is 0. The lowest BCUT2D eigenvalue weighted by Gasteiger charge is -2.19. The molecule has 0 radical (unpaired) electrons. The van der Waals surface area contributed by atoms with Crippen LogP contribution in [0.25, 0.3) is 0 Å². The minimum atomic E-state index is -0.862. The molecule has 0 bridgehead atoms. The van der Waals surface area contributed by atoms with E-state index in [0.717, 1.165) is 38.5 Å². The van der Waals surface area contributed by atoms with Crippen LogP contribution in [0.2, 0.25) is 0 Å². The van der Waals surface area contributed by atoms with E-state index in [1.165, 1.54) is 302 Å². The van der Waals surface area contributed by atoms with Crippen molar-refractivity contribution in [1.29, 1.82) is 0 Å². The average Bonchev–Trinajstić information content (AvgIpc) is 3.39. The van der Waals surface area contributed by atoms with E-state index in [4.69, 9.17) is 0 Å². The zero-order chi connectivity index (χ0) is 52.0. The minimum Gasteiger partial charge on any atom is -0.394 e. The second-order valence-electron chi connectivity index (χ2n) is 22.5. The topological polar surface area (TPSA) is 69.6 Å². The fourth-order valence-corrected chi connectivity index (χ4v) is 10.3. The number of aliphatic hydroxyl groups excluding tert-OH is 2. The molecule has 0 aliphatic rings. The van der Waals surface area contributed by atoms with Crippen LogP contribution in [0.3, 0.4) is 0 Å². The third-order valence-electron chi connectivity index (χ3n) is 15.3. The number of nitrogens with one attached hydrogen (secondary N) is 1. The molecule has 0 fully saturated rings. The Kier molecular flexibility index (Phi) is 62.2. The molecule has 0 aromatic rings. The molecule has 2 atom stereocenters. The number of rotatable bonds is 61. The zero-order valence-electron chi connectivity index (χ0n) is 49.0. The van der Waals surface area contributed by atoms with Crippen molar-refractivity contribution in [3.05, 3.63) is 48.6 Å². The average molecular weight is 1010 g/mol. The van der Waals surface area contributed by atoms with Gasteiger partial charge in [0, 0.05) is 6.42 Å². The van der Waals surface area contributed by atoms with Gasteiger partial charge in [-0.25, -0.2) is 0 Å². The summed E-state index contributed by atoms with van der Waals surface area (Å²) >= 11 is 0. The second kappa shape index (κ2) is 63.6. The van der Waals surface area contributed by atoms with E-state index in [2.05, 4.69) is 55.6 Å². The van der Waals surface area contributed by atoms with Crippen LogP contribution in [0.1, 0.15) is 361 Å². The highest BCUT2D eigenvalue weighted by atomic mass is 16.3. The molecule has 0 aliphatic heterocycles. The molecule has 0 aromatic carbocycles. The van der Waals surface area contributed by atoms with Crippen LogP contribution in [0.15, 0.2) is 48.6 Å². The van der Waals surface area contributed by atoms with Gasteiger partial charge < -0.3 is 15.5 Å². The summed E-state index contributed by atoms with van der Waals surface area (Å²) in [6, 6.07) is -0.639. The summed E-state index contributed by atoms with van der Waals surface area (Å²) in [6.07, 6.45) is 89.0. The number of carbonyl (C=O) groups excluding carboxylic acids is 1. The summed E-state index contributed by atoms with van der Waals surface area (Å²) in [5.74, 6) is -0.0668. The third-order valence-corrected chi connectivity index (χ3v) is 15.3. The van der Waals surface area contributed by atoms with Gasteiger partial charge in [0.2, 0.25) is 5.91 Å². The molecule has 3 N–H and O–H groups in total. The number of unbranched alkanes of at least 4 members (excludes halogenated alkanes) is 48. The Hall–Kier alpha value is -1.65. The van der Waals surface area contributed by atoms with E-state index in [1.807, 2.05) is 6.08 Å². The molecule has 4 nitrogen and oxygen atoms in total. The Balaban J connectivity index is 3.44. The van der Waals surface area contributed by atoms with Crippen molar-refractivity contribution in [1.82, 2.24) is 5.32 Å². The molecule has 0 spiro atoms. The first kappa shape index (κ1) is 70.3. The van der Waals surface area contributed by atoms with Crippen LogP contribution < -0.4 is 5.32 Å². The van der Waals surface area contributed by atoms with E-state index in [1.54, 1.807) is 6.08 Å². The van der Waals surface area contributed by atoms with Gasteiger partial charge in [0.1, 0.15) is 0 Å². The molecule has 424 valence electrons. The molecule has 1 amide bonds. The van der Waals surface area contributed by atoms with Crippen LogP contribution in [-0.4, -0.2) is 34.9 Å². The zero-order valence-corrected chi connectivity index (χ0v) is 49.0. The molecule has 4 heteroatoms. The molecule has 0 rings (SSSR count). The maximum atomic E-state index is 12.5. The van der Waals surface area contributed by atoms with Gasteiger partial charge in [0.25, 0.3) is 0 Å². The second-order valence-corrected chi connectivity index (χ2v) is 22.5. The van der Waals surface area contributed by atoms with Crippen LogP contribution >= 0.6 is 0 Å². The predicted octanol–water partition coefficient (Wildman–Crippen LogP) is 22.2. The summed E-state index contributed by atoms with van der Waals surface area (Å²) in [6.45, 7) is 4.32. The molecule has 0 saturated carbocycles. The molecular weight excluding hydrogens is 879 g/mol. The van der Waals surface area contributed by atoms with Crippen molar-refractivity contribution in [3.63, 3.8) is 0 Å². The van der Waals surface area contributed by atoms with Crippen molar-refractivity contribution in [2.24, 2.45) is 0 Å². The standard InChI is InChI=1S/C68H129NO3/c1-3-5-7-9-11-13-15-17-19-21-23-25-27-28-29-30-31-32-33-34-35-36-37-38-39-40-42-44-46-48-50-52-54-56-58-60-62-64-68(72)69-66(65-70)67(71)63-61-59-57-55-53-51-49-47-45-43-41-26-24-22-20-18-16-14-12-10-8-6-4-2/h15,17,21,23,53,55,61,63,66-67,70-71H,3-14,16,18-20,22,24-52,54,56-60,62,64-65H2,1-2H3,(H,69,72)/b17-15-,23-21-,55-53+,63-61+. The minimum absolute atomic E-state index is 0.0668. The fraction of sp³-hybridized carbons (Fsp3) is 0.868. The lowest BCUT2D eigenvalue weighted by Crippen LogP contribution is -2.45. The first-order valence-corrected chi connectivity index (χ1v) is 32.9. The molecule has 2 unspecified atom stereocenters. The van der Waals surface area contributed by atoms with E-state index < -0.39 is 12.1 Å². The van der Waals surface area contributed by atoms with Gasteiger partial charge in [-0.05, 0) is 64.2 Å². The predicted molar refractivity (Wildman–Crippen MR) is 322 cm³/mol. The number of aliphatic hydroxyl groups is 2. The summed E-state index contributed by atoms with van der Waals surface area (Å²) in [7, 11) is 0. The number of allylic oxidation sites excluding steroid dienone is 7. The molecule has 0 saturated heterocycles. The quantitative estimate of drug-likeness (QED) is 0.0420. The smallest absolute Gasteiger partial charge is 0.220 e. The molecule has 0 heterocycles. The number of carbonyl (C=O) groups is 1. The van der Waals surface area contributed by atoms with E-state index in [9.17, 15) is 15.0 Å². The van der Waals surface area contributed by atoms with Crippen molar-refractivity contribution < 1.29 is 15.0 Å². The number of hydrogen-bond acceptors (Lipinski definition) is 3. The van der Waals surface area contributed by atoms with E-state index in [0.29, 0.717) is 6.42 Å². The van der Waals surface area contributed by atoms with Gasteiger partial charge in [-0.15, -0.1) is 0 Å². The number of amides is 1. The highest BCUT2D eigenvalue weighted by molar-refractivity contribution is 5.76. The Morgan fingerprint density at radius 1 is 0.333 bits per heavy atom. The third kappa shape index (κ3) is 59.2. The van der Waals surface area contributed by atoms with Gasteiger partial charge >= 0.3 is 0 Å². The SMILES string of the molecule is CCCCCCC/C=C\C/C=C\CCCCCCCCCCCCCCCCCCCCCCCCCCCC(=O)NC(CO)C(O)/C=C/CC/C=C/CCCCCCCCCCCCCCCCCCC. The largest absolute Gasteiger partial charge is 0.394 e.